The molecule has 1 fully saturated rings. The molecule has 2 heterocycles. The Morgan fingerprint density at radius 3 is 2.94 bits per heavy atom. The molecule has 86 valence electrons. The van der Waals surface area contributed by atoms with E-state index in [1.165, 1.54) is 16.7 Å². The summed E-state index contributed by atoms with van der Waals surface area (Å²) < 4.78 is 0. The molecule has 2 atom stereocenters. The molecule has 0 aliphatic carbocycles. The quantitative estimate of drug-likeness (QED) is 0.897. The van der Waals surface area contributed by atoms with Crippen molar-refractivity contribution in [2.45, 2.75) is 17.5 Å². The maximum atomic E-state index is 11.8. The summed E-state index contributed by atoms with van der Waals surface area (Å²) in [5, 5.41) is 10.4. The van der Waals surface area contributed by atoms with Crippen LogP contribution in [0.5, 0.6) is 0 Å². The first-order valence-corrected chi connectivity index (χ1v) is 6.63. The topological polar surface area (TPSA) is 57.6 Å². The van der Waals surface area contributed by atoms with Crippen LogP contribution in [0.15, 0.2) is 17.5 Å². The van der Waals surface area contributed by atoms with Crippen molar-refractivity contribution in [1.29, 1.82) is 0 Å². The van der Waals surface area contributed by atoms with Gasteiger partial charge in [-0.05, 0) is 18.4 Å². The van der Waals surface area contributed by atoms with Crippen molar-refractivity contribution in [3.05, 3.63) is 22.4 Å². The van der Waals surface area contributed by atoms with E-state index in [0.29, 0.717) is 0 Å². The first-order chi connectivity index (χ1) is 7.59. The fourth-order valence-electron chi connectivity index (χ4n) is 1.63. The van der Waals surface area contributed by atoms with Gasteiger partial charge in [-0.25, -0.2) is 0 Å². The minimum absolute atomic E-state index is 0.0919. The largest absolute Gasteiger partial charge is 0.480 e. The SMILES string of the molecule is C[C@H]1S[C@H](c2cccs2)N(CC(=O)O)C1=O. The van der Waals surface area contributed by atoms with E-state index in [4.69, 9.17) is 5.11 Å². The highest BCUT2D eigenvalue weighted by Crippen LogP contribution is 2.44. The Labute approximate surface area is 101 Å². The molecule has 1 aromatic heterocycles. The predicted molar refractivity (Wildman–Crippen MR) is 63.5 cm³/mol. The van der Waals surface area contributed by atoms with E-state index in [1.54, 1.807) is 11.3 Å². The Morgan fingerprint density at radius 1 is 1.62 bits per heavy atom. The molecular formula is C10H11NO3S2. The first-order valence-electron chi connectivity index (χ1n) is 4.80. The zero-order chi connectivity index (χ0) is 11.7. The maximum absolute atomic E-state index is 11.8. The second kappa shape index (κ2) is 4.47. The van der Waals surface area contributed by atoms with Gasteiger partial charge in [-0.15, -0.1) is 23.1 Å². The van der Waals surface area contributed by atoms with Crippen LogP contribution in [0, 0.1) is 0 Å². The van der Waals surface area contributed by atoms with Crippen LogP contribution in [0.3, 0.4) is 0 Å². The molecule has 0 saturated carbocycles. The Morgan fingerprint density at radius 2 is 2.38 bits per heavy atom. The zero-order valence-electron chi connectivity index (χ0n) is 8.62. The molecule has 0 radical (unpaired) electrons. The van der Waals surface area contributed by atoms with Crippen molar-refractivity contribution < 1.29 is 14.7 Å². The first kappa shape index (κ1) is 11.5. The van der Waals surface area contributed by atoms with Crippen LogP contribution in [-0.2, 0) is 9.59 Å². The normalized spacial score (nSPS) is 25.1. The van der Waals surface area contributed by atoms with E-state index >= 15 is 0 Å². The van der Waals surface area contributed by atoms with Crippen LogP contribution in [0.1, 0.15) is 17.2 Å². The maximum Gasteiger partial charge on any atom is 0.323 e. The van der Waals surface area contributed by atoms with Gasteiger partial charge in [0, 0.05) is 4.88 Å². The summed E-state index contributed by atoms with van der Waals surface area (Å²) >= 11 is 3.05. The third-order valence-electron chi connectivity index (χ3n) is 2.34. The van der Waals surface area contributed by atoms with Gasteiger partial charge in [-0.3, -0.25) is 9.59 Å². The lowest BCUT2D eigenvalue weighted by molar-refractivity contribution is -0.144. The summed E-state index contributed by atoms with van der Waals surface area (Å²) in [7, 11) is 0. The van der Waals surface area contributed by atoms with E-state index in [1.807, 2.05) is 24.4 Å². The molecule has 1 saturated heterocycles. The van der Waals surface area contributed by atoms with E-state index in [-0.39, 0.29) is 23.1 Å². The lowest BCUT2D eigenvalue weighted by atomic mass is 10.3. The van der Waals surface area contributed by atoms with Crippen molar-refractivity contribution in [2.24, 2.45) is 0 Å². The van der Waals surface area contributed by atoms with Crippen LogP contribution in [-0.4, -0.2) is 33.7 Å². The van der Waals surface area contributed by atoms with E-state index < -0.39 is 5.97 Å². The fraction of sp³-hybridized carbons (Fsp3) is 0.400. The molecule has 0 bridgehead atoms. The van der Waals surface area contributed by atoms with Gasteiger partial charge in [0.2, 0.25) is 5.91 Å². The summed E-state index contributed by atoms with van der Waals surface area (Å²) in [6.07, 6.45) is 0. The summed E-state index contributed by atoms with van der Waals surface area (Å²) in [5.74, 6) is -1.06. The van der Waals surface area contributed by atoms with Crippen molar-refractivity contribution >= 4 is 35.0 Å². The molecule has 0 unspecified atom stereocenters. The Balaban J connectivity index is 2.23. The third-order valence-corrected chi connectivity index (χ3v) is 4.79. The van der Waals surface area contributed by atoms with Gasteiger partial charge in [0.15, 0.2) is 0 Å². The second-order valence-electron chi connectivity index (χ2n) is 3.51. The molecule has 1 N–H and O–H groups in total. The fourth-order valence-corrected chi connectivity index (χ4v) is 3.86. The van der Waals surface area contributed by atoms with Gasteiger partial charge in [0.1, 0.15) is 11.9 Å². The number of thiophene rings is 1. The van der Waals surface area contributed by atoms with Crippen LogP contribution in [0.4, 0.5) is 0 Å². The molecular weight excluding hydrogens is 246 g/mol. The monoisotopic (exact) mass is 257 g/mol. The lowest BCUT2D eigenvalue weighted by Gasteiger charge is -2.20. The van der Waals surface area contributed by atoms with Gasteiger partial charge in [0.05, 0.1) is 5.25 Å². The molecule has 1 amide bonds. The average Bonchev–Trinajstić information content (AvgIpc) is 2.81. The number of carbonyl (C=O) groups excluding carboxylic acids is 1. The number of thioether (sulfide) groups is 1. The van der Waals surface area contributed by atoms with Crippen molar-refractivity contribution in [1.82, 2.24) is 4.90 Å². The molecule has 0 aromatic carbocycles. The number of hydrogen-bond acceptors (Lipinski definition) is 4. The number of hydrogen-bond donors (Lipinski definition) is 1. The van der Waals surface area contributed by atoms with E-state index in [0.717, 1.165) is 4.88 Å². The van der Waals surface area contributed by atoms with Gasteiger partial charge < -0.3 is 10.0 Å². The predicted octanol–water partition coefficient (Wildman–Crippen LogP) is 1.80. The highest BCUT2D eigenvalue weighted by Gasteiger charge is 2.39. The highest BCUT2D eigenvalue weighted by molar-refractivity contribution is 8.01. The van der Waals surface area contributed by atoms with E-state index in [2.05, 4.69) is 0 Å². The third kappa shape index (κ3) is 2.08. The van der Waals surface area contributed by atoms with Gasteiger partial charge in [-0.2, -0.15) is 0 Å². The number of carbonyl (C=O) groups is 2. The summed E-state index contributed by atoms with van der Waals surface area (Å²) in [4.78, 5) is 25.0. The highest BCUT2D eigenvalue weighted by atomic mass is 32.2. The lowest BCUT2D eigenvalue weighted by Crippen LogP contribution is -2.34. The summed E-state index contributed by atoms with van der Waals surface area (Å²) in [5.41, 5.74) is 0. The Bertz CT molecular complexity index is 404. The van der Waals surface area contributed by atoms with Crippen LogP contribution in [0.2, 0.25) is 0 Å². The van der Waals surface area contributed by atoms with Crippen LogP contribution in [0.25, 0.3) is 0 Å². The van der Waals surface area contributed by atoms with Crippen molar-refractivity contribution in [3.8, 4) is 0 Å². The van der Waals surface area contributed by atoms with E-state index in [9.17, 15) is 9.59 Å². The van der Waals surface area contributed by atoms with Crippen molar-refractivity contribution in [2.75, 3.05) is 6.54 Å². The summed E-state index contributed by atoms with van der Waals surface area (Å²) in [6.45, 7) is 1.59. The number of aliphatic carboxylic acids is 1. The Kier molecular flexibility index (Phi) is 3.20. The molecule has 2 rings (SSSR count). The zero-order valence-corrected chi connectivity index (χ0v) is 10.3. The van der Waals surface area contributed by atoms with Gasteiger partial charge >= 0.3 is 5.97 Å². The Hall–Kier alpha value is -1.01. The van der Waals surface area contributed by atoms with Crippen LogP contribution >= 0.6 is 23.1 Å². The molecule has 6 heteroatoms. The van der Waals surface area contributed by atoms with Gasteiger partial charge in [-0.1, -0.05) is 6.07 Å². The molecule has 4 nitrogen and oxygen atoms in total. The molecule has 16 heavy (non-hydrogen) atoms. The van der Waals surface area contributed by atoms with Gasteiger partial charge in [0.25, 0.3) is 0 Å². The van der Waals surface area contributed by atoms with Crippen LogP contribution < -0.4 is 0 Å². The molecule has 1 aliphatic heterocycles. The number of carboxylic acids is 1. The molecule has 1 aromatic rings. The smallest absolute Gasteiger partial charge is 0.323 e. The standard InChI is InChI=1S/C10H11NO3S2/c1-6-9(14)11(5-8(12)13)10(16-6)7-3-2-4-15-7/h2-4,6,10H,5H2,1H3,(H,12,13)/t6-,10-/m1/s1. The number of rotatable bonds is 3. The summed E-state index contributed by atoms with van der Waals surface area (Å²) in [6, 6.07) is 3.84. The minimum Gasteiger partial charge on any atom is -0.480 e. The number of nitrogens with zero attached hydrogens (tertiary/aromatic N) is 1. The number of carboxylic acid groups (broad SMARTS) is 1. The number of amides is 1. The molecule has 1 aliphatic rings. The average molecular weight is 257 g/mol. The second-order valence-corrected chi connectivity index (χ2v) is 5.91. The van der Waals surface area contributed by atoms with Crippen molar-refractivity contribution in [3.63, 3.8) is 0 Å². The minimum atomic E-state index is -0.968. The molecule has 0 spiro atoms.